The molecule has 31 heavy (non-hydrogen) atoms. The number of nitrogens with zero attached hydrogens (tertiary/aromatic N) is 3. The fraction of sp³-hybridized carbons (Fsp3) is 0.360. The highest BCUT2D eigenvalue weighted by Crippen LogP contribution is 2.53. The first-order valence-corrected chi connectivity index (χ1v) is 10.8. The maximum absolute atomic E-state index is 13.8. The minimum absolute atomic E-state index is 0.0191. The van der Waals surface area contributed by atoms with Crippen molar-refractivity contribution < 1.29 is 9.18 Å². The second-order valence-corrected chi connectivity index (χ2v) is 8.88. The third kappa shape index (κ3) is 4.00. The average molecular weight is 414 g/mol. The Kier molecular flexibility index (Phi) is 5.11. The standard InChI is InChI=1S/C25H23FN4O/c26-20-2-3-23-22(12-20)21(5-6-28-23)19-10-17-7-16(8-18(17)11-19)9-25(31)30-24-4-1-15(13-27)14-29-24/h1-6,12,14,16-19H,7-11H2,(H,29,30,31)/t16?,17-,18+,19?. The van der Waals surface area contributed by atoms with Crippen LogP contribution >= 0.6 is 0 Å². The van der Waals surface area contributed by atoms with Crippen molar-refractivity contribution in [2.24, 2.45) is 17.8 Å². The summed E-state index contributed by atoms with van der Waals surface area (Å²) in [6.07, 6.45) is 8.10. The van der Waals surface area contributed by atoms with Crippen molar-refractivity contribution in [1.82, 2.24) is 9.97 Å². The normalized spacial score (nSPS) is 24.6. The molecule has 0 aliphatic heterocycles. The predicted molar refractivity (Wildman–Crippen MR) is 116 cm³/mol. The first kappa shape index (κ1) is 19.6. The molecule has 5 nitrogen and oxygen atoms in total. The number of aromatic nitrogens is 2. The molecule has 2 fully saturated rings. The number of nitriles is 1. The fourth-order valence-corrected chi connectivity index (χ4v) is 5.65. The first-order chi connectivity index (χ1) is 15.1. The third-order valence-corrected chi connectivity index (χ3v) is 6.92. The summed E-state index contributed by atoms with van der Waals surface area (Å²) in [5, 5.41) is 12.6. The Labute approximate surface area is 180 Å². The Hall–Kier alpha value is -3.33. The molecule has 4 atom stereocenters. The minimum Gasteiger partial charge on any atom is -0.311 e. The molecule has 6 heteroatoms. The second-order valence-electron chi connectivity index (χ2n) is 8.88. The zero-order chi connectivity index (χ0) is 21.4. The molecular weight excluding hydrogens is 391 g/mol. The maximum Gasteiger partial charge on any atom is 0.225 e. The van der Waals surface area contributed by atoms with Crippen LogP contribution in [0, 0.1) is 34.9 Å². The predicted octanol–water partition coefficient (Wildman–Crippen LogP) is 5.19. The van der Waals surface area contributed by atoms with E-state index in [4.69, 9.17) is 5.26 Å². The fourth-order valence-electron chi connectivity index (χ4n) is 5.65. The Balaban J connectivity index is 1.20. The summed E-state index contributed by atoms with van der Waals surface area (Å²) in [6.45, 7) is 0. The number of halogens is 1. The van der Waals surface area contributed by atoms with Crippen molar-refractivity contribution in [2.45, 2.75) is 38.0 Å². The Morgan fingerprint density at radius 1 is 1.10 bits per heavy atom. The van der Waals surface area contributed by atoms with Crippen molar-refractivity contribution >= 4 is 22.6 Å². The Bertz CT molecular complexity index is 1160. The average Bonchev–Trinajstić information content (AvgIpc) is 3.32. The highest BCUT2D eigenvalue weighted by Gasteiger charge is 2.42. The van der Waals surface area contributed by atoms with Crippen LogP contribution in [0.5, 0.6) is 0 Å². The smallest absolute Gasteiger partial charge is 0.225 e. The van der Waals surface area contributed by atoms with E-state index < -0.39 is 0 Å². The van der Waals surface area contributed by atoms with E-state index in [-0.39, 0.29) is 11.7 Å². The lowest BCUT2D eigenvalue weighted by Crippen LogP contribution is -2.16. The maximum atomic E-state index is 13.8. The topological polar surface area (TPSA) is 78.7 Å². The first-order valence-electron chi connectivity index (χ1n) is 10.8. The number of benzene rings is 1. The summed E-state index contributed by atoms with van der Waals surface area (Å²) in [5.41, 5.74) is 2.53. The quantitative estimate of drug-likeness (QED) is 0.637. The molecule has 2 aliphatic rings. The molecule has 0 bridgehead atoms. The molecule has 2 heterocycles. The van der Waals surface area contributed by atoms with Gasteiger partial charge in [-0.3, -0.25) is 9.78 Å². The molecule has 156 valence electrons. The summed E-state index contributed by atoms with van der Waals surface area (Å²) < 4.78 is 13.8. The van der Waals surface area contributed by atoms with Gasteiger partial charge in [0.1, 0.15) is 17.7 Å². The lowest BCUT2D eigenvalue weighted by molar-refractivity contribution is -0.117. The van der Waals surface area contributed by atoms with Gasteiger partial charge in [0.05, 0.1) is 11.1 Å². The SMILES string of the molecule is N#Cc1ccc(NC(=O)CC2C[C@@H]3CC(c4ccnc5ccc(F)cc45)C[C@@H]3C2)nc1. The number of carbonyl (C=O) groups excluding carboxylic acids is 1. The largest absolute Gasteiger partial charge is 0.311 e. The minimum atomic E-state index is -0.220. The van der Waals surface area contributed by atoms with E-state index in [9.17, 15) is 9.18 Å². The van der Waals surface area contributed by atoms with Gasteiger partial charge in [0, 0.05) is 24.2 Å². The lowest BCUT2D eigenvalue weighted by Gasteiger charge is -2.17. The number of carbonyl (C=O) groups is 1. The van der Waals surface area contributed by atoms with Gasteiger partial charge in [-0.2, -0.15) is 5.26 Å². The number of nitrogens with one attached hydrogen (secondary N) is 1. The van der Waals surface area contributed by atoms with Crippen molar-refractivity contribution in [2.75, 3.05) is 5.32 Å². The van der Waals surface area contributed by atoms with E-state index in [0.29, 0.717) is 41.5 Å². The zero-order valence-electron chi connectivity index (χ0n) is 17.1. The van der Waals surface area contributed by atoms with Gasteiger partial charge in [-0.1, -0.05) is 0 Å². The zero-order valence-corrected chi connectivity index (χ0v) is 17.1. The van der Waals surface area contributed by atoms with E-state index >= 15 is 0 Å². The van der Waals surface area contributed by atoms with Crippen molar-refractivity contribution in [3.63, 3.8) is 0 Å². The van der Waals surface area contributed by atoms with Crippen LogP contribution in [0.25, 0.3) is 10.9 Å². The van der Waals surface area contributed by atoms with Crippen LogP contribution in [0.1, 0.15) is 49.1 Å². The van der Waals surface area contributed by atoms with Crippen molar-refractivity contribution in [3.05, 3.63) is 65.7 Å². The van der Waals surface area contributed by atoms with Crippen LogP contribution in [0.2, 0.25) is 0 Å². The van der Waals surface area contributed by atoms with Crippen LogP contribution < -0.4 is 5.32 Å². The van der Waals surface area contributed by atoms with Crippen LogP contribution in [0.3, 0.4) is 0 Å². The molecule has 0 spiro atoms. The third-order valence-electron chi connectivity index (χ3n) is 6.92. The van der Waals surface area contributed by atoms with Gasteiger partial charge in [0.15, 0.2) is 0 Å². The molecule has 2 unspecified atom stereocenters. The lowest BCUT2D eigenvalue weighted by atomic mass is 9.89. The molecule has 2 aliphatic carbocycles. The molecule has 5 rings (SSSR count). The van der Waals surface area contributed by atoms with Gasteiger partial charge in [-0.05, 0) is 91.3 Å². The summed E-state index contributed by atoms with van der Waals surface area (Å²) in [4.78, 5) is 20.9. The van der Waals surface area contributed by atoms with E-state index in [0.717, 1.165) is 36.6 Å². The van der Waals surface area contributed by atoms with Crippen LogP contribution in [0.15, 0.2) is 48.8 Å². The van der Waals surface area contributed by atoms with Crippen LogP contribution in [-0.4, -0.2) is 15.9 Å². The van der Waals surface area contributed by atoms with Crippen molar-refractivity contribution in [3.8, 4) is 6.07 Å². The highest BCUT2D eigenvalue weighted by atomic mass is 19.1. The molecular formula is C25H23FN4O. The van der Waals surface area contributed by atoms with Gasteiger partial charge in [0.2, 0.25) is 5.91 Å². The summed E-state index contributed by atoms with van der Waals surface area (Å²) in [7, 11) is 0. The number of rotatable bonds is 4. The molecule has 2 aromatic heterocycles. The molecule has 1 amide bonds. The Morgan fingerprint density at radius 2 is 1.90 bits per heavy atom. The molecule has 0 saturated heterocycles. The number of fused-ring (bicyclic) bond motifs is 2. The molecule has 2 saturated carbocycles. The van der Waals surface area contributed by atoms with Crippen molar-refractivity contribution in [1.29, 1.82) is 5.26 Å². The number of hydrogen-bond donors (Lipinski definition) is 1. The number of amides is 1. The molecule has 1 N–H and O–H groups in total. The van der Waals surface area contributed by atoms with Crippen LogP contribution in [0.4, 0.5) is 10.2 Å². The summed E-state index contributed by atoms with van der Waals surface area (Å²) in [5.74, 6) is 2.30. The molecule has 0 radical (unpaired) electrons. The number of anilines is 1. The Morgan fingerprint density at radius 3 is 2.61 bits per heavy atom. The van der Waals surface area contributed by atoms with E-state index in [2.05, 4.69) is 15.3 Å². The van der Waals surface area contributed by atoms with Gasteiger partial charge in [-0.25, -0.2) is 9.37 Å². The number of hydrogen-bond acceptors (Lipinski definition) is 4. The van der Waals surface area contributed by atoms with Gasteiger partial charge < -0.3 is 5.32 Å². The van der Waals surface area contributed by atoms with Gasteiger partial charge >= 0.3 is 0 Å². The highest BCUT2D eigenvalue weighted by molar-refractivity contribution is 5.90. The van der Waals surface area contributed by atoms with Gasteiger partial charge in [-0.15, -0.1) is 0 Å². The monoisotopic (exact) mass is 414 g/mol. The summed E-state index contributed by atoms with van der Waals surface area (Å²) >= 11 is 0. The van der Waals surface area contributed by atoms with Gasteiger partial charge in [0.25, 0.3) is 0 Å². The second kappa shape index (κ2) is 8.07. The van der Waals surface area contributed by atoms with E-state index in [1.54, 1.807) is 24.3 Å². The van der Waals surface area contributed by atoms with E-state index in [1.807, 2.05) is 18.3 Å². The molecule has 1 aromatic carbocycles. The molecule has 3 aromatic rings. The van der Waals surface area contributed by atoms with E-state index in [1.165, 1.54) is 17.8 Å². The number of pyridine rings is 2. The summed E-state index contributed by atoms with van der Waals surface area (Å²) in [6, 6.07) is 12.2. The van der Waals surface area contributed by atoms with Crippen LogP contribution in [-0.2, 0) is 4.79 Å².